The van der Waals surface area contributed by atoms with Crippen molar-refractivity contribution in [3.63, 3.8) is 0 Å². The first kappa shape index (κ1) is 9.93. The molecule has 1 aromatic rings. The van der Waals surface area contributed by atoms with Crippen LogP contribution < -0.4 is 4.74 Å². The highest BCUT2D eigenvalue weighted by Crippen LogP contribution is 2.27. The first-order valence-corrected chi connectivity index (χ1v) is 5.51. The fraction of sp³-hybridized carbons (Fsp3) is 0.333. The molecule has 66 valence electrons. The summed E-state index contributed by atoms with van der Waals surface area (Å²) in [5, 5.41) is 0. The van der Waals surface area contributed by atoms with Gasteiger partial charge in [-0.05, 0) is 24.0 Å². The van der Waals surface area contributed by atoms with Gasteiger partial charge >= 0.3 is 0 Å². The average Bonchev–Trinajstić information content (AvgIpc) is 2.04. The summed E-state index contributed by atoms with van der Waals surface area (Å²) in [5.74, 6) is 1.99. The lowest BCUT2D eigenvalue weighted by molar-refractivity contribution is 0.413. The molecule has 12 heavy (non-hydrogen) atoms. The number of hydrogen-bond donors (Lipinski definition) is 0. The van der Waals surface area contributed by atoms with E-state index >= 15 is 0 Å². The molecule has 0 heterocycles. The molecule has 0 radical (unpaired) electrons. The van der Waals surface area contributed by atoms with E-state index in [1.165, 1.54) is 4.90 Å². The van der Waals surface area contributed by atoms with Gasteiger partial charge in [0.25, 0.3) is 0 Å². The standard InChI is InChI=1S/C9H11BrOS/c1-3-12-9-5-7(10)4-8(6-9)11-2/h4-6H,3H2,1-2H3. The fourth-order valence-electron chi connectivity index (χ4n) is 0.905. The largest absolute Gasteiger partial charge is 0.497 e. The van der Waals surface area contributed by atoms with Gasteiger partial charge in [-0.15, -0.1) is 11.8 Å². The zero-order valence-electron chi connectivity index (χ0n) is 7.13. The Labute approximate surface area is 85.6 Å². The fourth-order valence-corrected chi connectivity index (χ4v) is 2.27. The number of thioether (sulfide) groups is 1. The van der Waals surface area contributed by atoms with E-state index in [4.69, 9.17) is 4.74 Å². The highest BCUT2D eigenvalue weighted by molar-refractivity contribution is 9.10. The third-order valence-corrected chi connectivity index (χ3v) is 2.71. The minimum absolute atomic E-state index is 0.903. The number of rotatable bonds is 3. The van der Waals surface area contributed by atoms with E-state index in [-0.39, 0.29) is 0 Å². The zero-order chi connectivity index (χ0) is 8.97. The molecular formula is C9H11BrOS. The Balaban J connectivity index is 2.90. The minimum Gasteiger partial charge on any atom is -0.497 e. The number of ether oxygens (including phenoxy) is 1. The van der Waals surface area contributed by atoms with Gasteiger partial charge in [-0.25, -0.2) is 0 Å². The molecule has 1 nitrogen and oxygen atoms in total. The minimum atomic E-state index is 0.903. The van der Waals surface area contributed by atoms with E-state index in [2.05, 4.69) is 28.9 Å². The monoisotopic (exact) mass is 246 g/mol. The Bertz CT molecular complexity index is 263. The summed E-state index contributed by atoms with van der Waals surface area (Å²) in [4.78, 5) is 1.24. The van der Waals surface area contributed by atoms with Gasteiger partial charge in [-0.3, -0.25) is 0 Å². The summed E-state index contributed by atoms with van der Waals surface area (Å²) in [6, 6.07) is 6.09. The average molecular weight is 247 g/mol. The Morgan fingerprint density at radius 3 is 2.75 bits per heavy atom. The van der Waals surface area contributed by atoms with Gasteiger partial charge in [0.2, 0.25) is 0 Å². The Hall–Kier alpha value is -0.150. The molecule has 0 aliphatic heterocycles. The van der Waals surface area contributed by atoms with Crippen LogP contribution in [-0.4, -0.2) is 12.9 Å². The summed E-state index contributed by atoms with van der Waals surface area (Å²) in [7, 11) is 1.68. The van der Waals surface area contributed by atoms with Crippen LogP contribution >= 0.6 is 27.7 Å². The van der Waals surface area contributed by atoms with Gasteiger partial charge in [0.15, 0.2) is 0 Å². The van der Waals surface area contributed by atoms with Crippen molar-refractivity contribution in [3.8, 4) is 5.75 Å². The number of benzene rings is 1. The lowest BCUT2D eigenvalue weighted by atomic mass is 10.3. The first-order valence-electron chi connectivity index (χ1n) is 3.73. The second-order valence-corrected chi connectivity index (χ2v) is 4.51. The second-order valence-electron chi connectivity index (χ2n) is 2.26. The van der Waals surface area contributed by atoms with E-state index in [0.29, 0.717) is 0 Å². The molecule has 0 amide bonds. The van der Waals surface area contributed by atoms with Crippen molar-refractivity contribution in [2.45, 2.75) is 11.8 Å². The van der Waals surface area contributed by atoms with Crippen LogP contribution in [0.4, 0.5) is 0 Å². The van der Waals surface area contributed by atoms with Crippen molar-refractivity contribution in [2.75, 3.05) is 12.9 Å². The van der Waals surface area contributed by atoms with Crippen molar-refractivity contribution >= 4 is 27.7 Å². The highest BCUT2D eigenvalue weighted by atomic mass is 79.9. The van der Waals surface area contributed by atoms with Crippen LogP contribution in [0.1, 0.15) is 6.92 Å². The van der Waals surface area contributed by atoms with Gasteiger partial charge in [0.05, 0.1) is 7.11 Å². The SMILES string of the molecule is CCSc1cc(Br)cc(OC)c1. The highest BCUT2D eigenvalue weighted by Gasteiger charge is 1.98. The van der Waals surface area contributed by atoms with Gasteiger partial charge < -0.3 is 4.74 Å². The molecular weight excluding hydrogens is 236 g/mol. The molecule has 0 spiro atoms. The van der Waals surface area contributed by atoms with Crippen LogP contribution in [0.3, 0.4) is 0 Å². The number of hydrogen-bond acceptors (Lipinski definition) is 2. The Morgan fingerprint density at radius 2 is 2.17 bits per heavy atom. The molecule has 0 bridgehead atoms. The molecule has 0 N–H and O–H groups in total. The Morgan fingerprint density at radius 1 is 1.42 bits per heavy atom. The van der Waals surface area contributed by atoms with E-state index in [1.54, 1.807) is 7.11 Å². The van der Waals surface area contributed by atoms with Gasteiger partial charge in [0.1, 0.15) is 5.75 Å². The number of methoxy groups -OCH3 is 1. The first-order chi connectivity index (χ1) is 5.76. The summed E-state index contributed by atoms with van der Waals surface area (Å²) < 4.78 is 6.21. The molecule has 0 aliphatic rings. The van der Waals surface area contributed by atoms with Gasteiger partial charge in [-0.1, -0.05) is 22.9 Å². The third-order valence-electron chi connectivity index (χ3n) is 1.39. The Kier molecular flexibility index (Phi) is 3.95. The predicted octanol–water partition coefficient (Wildman–Crippen LogP) is 3.57. The quantitative estimate of drug-likeness (QED) is 0.755. The number of halogens is 1. The normalized spacial score (nSPS) is 9.92. The molecule has 0 fully saturated rings. The van der Waals surface area contributed by atoms with Crippen LogP contribution in [0.25, 0.3) is 0 Å². The summed E-state index contributed by atoms with van der Waals surface area (Å²) in [5.41, 5.74) is 0. The maximum atomic E-state index is 5.14. The van der Waals surface area contributed by atoms with Gasteiger partial charge in [0, 0.05) is 9.37 Å². The topological polar surface area (TPSA) is 9.23 Å². The molecule has 1 rings (SSSR count). The molecule has 1 aromatic carbocycles. The molecule has 0 unspecified atom stereocenters. The van der Waals surface area contributed by atoms with E-state index in [0.717, 1.165) is 16.0 Å². The van der Waals surface area contributed by atoms with Crippen molar-refractivity contribution in [1.82, 2.24) is 0 Å². The second kappa shape index (κ2) is 4.77. The lowest BCUT2D eigenvalue weighted by Gasteiger charge is -2.03. The van der Waals surface area contributed by atoms with Crippen LogP contribution in [0.2, 0.25) is 0 Å². The molecule has 0 atom stereocenters. The third kappa shape index (κ3) is 2.72. The van der Waals surface area contributed by atoms with E-state index in [9.17, 15) is 0 Å². The van der Waals surface area contributed by atoms with Crippen LogP contribution in [0.5, 0.6) is 5.75 Å². The van der Waals surface area contributed by atoms with Crippen LogP contribution in [-0.2, 0) is 0 Å². The van der Waals surface area contributed by atoms with Crippen molar-refractivity contribution in [1.29, 1.82) is 0 Å². The molecule has 0 saturated heterocycles. The molecule has 0 aliphatic carbocycles. The molecule has 0 saturated carbocycles. The summed E-state index contributed by atoms with van der Waals surface area (Å²) >= 11 is 5.24. The van der Waals surface area contributed by atoms with Crippen molar-refractivity contribution < 1.29 is 4.74 Å². The maximum absolute atomic E-state index is 5.14. The van der Waals surface area contributed by atoms with Crippen LogP contribution in [0, 0.1) is 0 Å². The van der Waals surface area contributed by atoms with E-state index < -0.39 is 0 Å². The lowest BCUT2D eigenvalue weighted by Crippen LogP contribution is -1.83. The predicted molar refractivity (Wildman–Crippen MR) is 57.1 cm³/mol. The van der Waals surface area contributed by atoms with Crippen molar-refractivity contribution in [2.24, 2.45) is 0 Å². The smallest absolute Gasteiger partial charge is 0.121 e. The van der Waals surface area contributed by atoms with E-state index in [1.807, 2.05) is 23.9 Å². The maximum Gasteiger partial charge on any atom is 0.121 e. The van der Waals surface area contributed by atoms with Crippen LogP contribution in [0.15, 0.2) is 27.6 Å². The molecule has 3 heteroatoms. The van der Waals surface area contributed by atoms with Crippen molar-refractivity contribution in [3.05, 3.63) is 22.7 Å². The molecule has 0 aromatic heterocycles. The summed E-state index contributed by atoms with van der Waals surface area (Å²) in [6.45, 7) is 2.14. The summed E-state index contributed by atoms with van der Waals surface area (Å²) in [6.07, 6.45) is 0. The van der Waals surface area contributed by atoms with Gasteiger partial charge in [-0.2, -0.15) is 0 Å². The zero-order valence-corrected chi connectivity index (χ0v) is 9.54.